The van der Waals surface area contributed by atoms with Crippen LogP contribution in [-0.2, 0) is 0 Å². The van der Waals surface area contributed by atoms with Gasteiger partial charge in [0.25, 0.3) is 11.1 Å². The minimum Gasteiger partial charge on any atom is -0.383 e. The SMILES string of the molecule is CSc1nn2c(N)c3c(=O)[nH][nH]c(=O)c3nc2c1-c1ccc(Cl)cc1. The van der Waals surface area contributed by atoms with Crippen molar-refractivity contribution < 1.29 is 0 Å². The molecule has 0 spiro atoms. The molecular formula is C15H11ClN6O2S. The van der Waals surface area contributed by atoms with Crippen molar-refractivity contribution in [3.05, 3.63) is 50.0 Å². The van der Waals surface area contributed by atoms with Crippen LogP contribution < -0.4 is 16.9 Å². The summed E-state index contributed by atoms with van der Waals surface area (Å²) >= 11 is 7.37. The van der Waals surface area contributed by atoms with Crippen molar-refractivity contribution in [3.63, 3.8) is 0 Å². The molecule has 25 heavy (non-hydrogen) atoms. The van der Waals surface area contributed by atoms with Crippen LogP contribution in [0.1, 0.15) is 0 Å². The number of nitrogens with zero attached hydrogens (tertiary/aromatic N) is 3. The summed E-state index contributed by atoms with van der Waals surface area (Å²) in [6.07, 6.45) is 1.87. The Labute approximate surface area is 149 Å². The Hall–Kier alpha value is -2.78. The van der Waals surface area contributed by atoms with E-state index in [4.69, 9.17) is 17.3 Å². The third-order valence-electron chi connectivity index (χ3n) is 3.83. The number of nitrogens with one attached hydrogen (secondary N) is 2. The van der Waals surface area contributed by atoms with E-state index in [1.54, 1.807) is 12.1 Å². The summed E-state index contributed by atoms with van der Waals surface area (Å²) in [7, 11) is 0. The lowest BCUT2D eigenvalue weighted by Gasteiger charge is -2.04. The average Bonchev–Trinajstić information content (AvgIpc) is 2.98. The predicted molar refractivity (Wildman–Crippen MR) is 98.4 cm³/mol. The number of anilines is 1. The number of H-pyrrole nitrogens is 2. The van der Waals surface area contributed by atoms with Gasteiger partial charge < -0.3 is 5.73 Å². The predicted octanol–water partition coefficient (Wildman–Crippen LogP) is 1.88. The second-order valence-corrected chi connectivity index (χ2v) is 6.49. The Bertz CT molecular complexity index is 1240. The number of aromatic amines is 2. The minimum atomic E-state index is -0.532. The molecule has 4 aromatic rings. The van der Waals surface area contributed by atoms with E-state index >= 15 is 0 Å². The first kappa shape index (κ1) is 15.7. The molecule has 0 saturated carbocycles. The Morgan fingerprint density at radius 3 is 2.52 bits per heavy atom. The van der Waals surface area contributed by atoms with Crippen LogP contribution in [0, 0.1) is 0 Å². The molecule has 0 amide bonds. The molecule has 3 aromatic heterocycles. The molecule has 1 aromatic carbocycles. The molecule has 0 aliphatic carbocycles. The van der Waals surface area contributed by atoms with Crippen LogP contribution >= 0.6 is 23.4 Å². The molecule has 126 valence electrons. The van der Waals surface area contributed by atoms with Crippen molar-refractivity contribution in [2.45, 2.75) is 5.03 Å². The Balaban J connectivity index is 2.20. The van der Waals surface area contributed by atoms with E-state index < -0.39 is 11.1 Å². The molecule has 10 heteroatoms. The molecule has 0 bridgehead atoms. The summed E-state index contributed by atoms with van der Waals surface area (Å²) in [5.74, 6) is 0.0582. The van der Waals surface area contributed by atoms with Crippen LogP contribution in [0.3, 0.4) is 0 Å². The highest BCUT2D eigenvalue weighted by atomic mass is 35.5. The molecule has 0 saturated heterocycles. The summed E-state index contributed by atoms with van der Waals surface area (Å²) in [5, 5.41) is 10.2. The highest BCUT2D eigenvalue weighted by Crippen LogP contribution is 2.35. The van der Waals surface area contributed by atoms with Gasteiger partial charge in [-0.25, -0.2) is 4.98 Å². The first-order chi connectivity index (χ1) is 12.0. The van der Waals surface area contributed by atoms with E-state index in [1.165, 1.54) is 16.3 Å². The molecule has 0 atom stereocenters. The average molecular weight is 375 g/mol. The van der Waals surface area contributed by atoms with Crippen molar-refractivity contribution in [2.75, 3.05) is 12.0 Å². The summed E-state index contributed by atoms with van der Waals surface area (Å²) in [5.41, 5.74) is 6.97. The van der Waals surface area contributed by atoms with Crippen LogP contribution in [0.25, 0.3) is 27.7 Å². The van der Waals surface area contributed by atoms with Crippen LogP contribution in [0.5, 0.6) is 0 Å². The molecule has 8 nitrogen and oxygen atoms in total. The van der Waals surface area contributed by atoms with Crippen LogP contribution in [0.4, 0.5) is 5.82 Å². The Kier molecular flexibility index (Phi) is 3.55. The number of nitrogen functional groups attached to an aromatic ring is 1. The van der Waals surface area contributed by atoms with Crippen molar-refractivity contribution in [2.24, 2.45) is 0 Å². The molecule has 4 N–H and O–H groups in total. The van der Waals surface area contributed by atoms with Gasteiger partial charge >= 0.3 is 0 Å². The van der Waals surface area contributed by atoms with E-state index in [2.05, 4.69) is 20.3 Å². The van der Waals surface area contributed by atoms with Gasteiger partial charge in [-0.2, -0.15) is 9.61 Å². The van der Waals surface area contributed by atoms with Gasteiger partial charge in [0, 0.05) is 5.02 Å². The number of benzene rings is 1. The molecule has 0 unspecified atom stereocenters. The van der Waals surface area contributed by atoms with Gasteiger partial charge in [0.15, 0.2) is 5.65 Å². The highest BCUT2D eigenvalue weighted by Gasteiger charge is 2.21. The van der Waals surface area contributed by atoms with Gasteiger partial charge in [-0.3, -0.25) is 19.8 Å². The second kappa shape index (κ2) is 5.64. The lowest BCUT2D eigenvalue weighted by Crippen LogP contribution is -2.22. The zero-order valence-electron chi connectivity index (χ0n) is 12.8. The van der Waals surface area contributed by atoms with Gasteiger partial charge in [0.05, 0.1) is 5.56 Å². The van der Waals surface area contributed by atoms with Gasteiger partial charge in [-0.05, 0) is 24.0 Å². The van der Waals surface area contributed by atoms with Crippen molar-refractivity contribution in [1.82, 2.24) is 24.8 Å². The van der Waals surface area contributed by atoms with Gasteiger partial charge in [-0.1, -0.05) is 23.7 Å². The third kappa shape index (κ3) is 2.31. The van der Waals surface area contributed by atoms with Gasteiger partial charge in [0.2, 0.25) is 0 Å². The fraction of sp³-hybridized carbons (Fsp3) is 0.0667. The molecule has 4 rings (SSSR count). The molecule has 3 heterocycles. The van der Waals surface area contributed by atoms with E-state index in [0.29, 0.717) is 15.7 Å². The number of aromatic nitrogens is 5. The first-order valence-corrected chi connectivity index (χ1v) is 8.74. The number of rotatable bonds is 2. The maximum atomic E-state index is 12.1. The molecule has 0 fully saturated rings. The molecule has 0 aliphatic heterocycles. The number of hydrogen-bond acceptors (Lipinski definition) is 6. The van der Waals surface area contributed by atoms with Gasteiger partial charge in [-0.15, -0.1) is 11.8 Å². The van der Waals surface area contributed by atoms with Gasteiger partial charge in [0.1, 0.15) is 21.7 Å². The van der Waals surface area contributed by atoms with Crippen LogP contribution in [0.15, 0.2) is 38.9 Å². The van der Waals surface area contributed by atoms with Crippen LogP contribution in [-0.4, -0.2) is 31.1 Å². The molecule has 0 radical (unpaired) electrons. The van der Waals surface area contributed by atoms with Crippen molar-refractivity contribution >= 4 is 45.7 Å². The number of hydrogen-bond donors (Lipinski definition) is 3. The second-order valence-electron chi connectivity index (χ2n) is 5.26. The fourth-order valence-corrected chi connectivity index (χ4v) is 3.39. The third-order valence-corrected chi connectivity index (χ3v) is 4.75. The zero-order valence-corrected chi connectivity index (χ0v) is 14.4. The summed E-state index contributed by atoms with van der Waals surface area (Å²) < 4.78 is 1.38. The lowest BCUT2D eigenvalue weighted by molar-refractivity contribution is 0.899. The van der Waals surface area contributed by atoms with Crippen LogP contribution in [0.2, 0.25) is 5.02 Å². The fourth-order valence-electron chi connectivity index (χ4n) is 2.69. The standard InChI is InChI=1S/C15H11ClN6O2S/c1-25-15-8(6-2-4-7(16)5-3-6)12-18-10-9(11(17)22(12)21-15)13(23)19-20-14(10)24/h2-5H,17H2,1H3,(H,19,23)(H,20,24). The topological polar surface area (TPSA) is 122 Å². The lowest BCUT2D eigenvalue weighted by atomic mass is 10.1. The molecular weight excluding hydrogens is 364 g/mol. The first-order valence-electron chi connectivity index (χ1n) is 7.14. The molecule has 0 aliphatic rings. The van der Waals surface area contributed by atoms with E-state index in [1.807, 2.05) is 18.4 Å². The highest BCUT2D eigenvalue weighted by molar-refractivity contribution is 7.98. The maximum Gasteiger partial charge on any atom is 0.289 e. The largest absolute Gasteiger partial charge is 0.383 e. The monoisotopic (exact) mass is 374 g/mol. The summed E-state index contributed by atoms with van der Waals surface area (Å²) in [4.78, 5) is 28.5. The van der Waals surface area contributed by atoms with Crippen molar-refractivity contribution in [1.29, 1.82) is 0 Å². The Morgan fingerprint density at radius 2 is 1.84 bits per heavy atom. The quantitative estimate of drug-likeness (QED) is 0.460. The Morgan fingerprint density at radius 1 is 1.16 bits per heavy atom. The smallest absolute Gasteiger partial charge is 0.289 e. The minimum absolute atomic E-state index is 0.00839. The number of halogens is 1. The normalized spacial score (nSPS) is 11.4. The van der Waals surface area contributed by atoms with E-state index in [9.17, 15) is 9.59 Å². The van der Waals surface area contributed by atoms with E-state index in [0.717, 1.165) is 11.1 Å². The number of thioether (sulfide) groups is 1. The summed E-state index contributed by atoms with van der Waals surface area (Å²) in [6.45, 7) is 0. The zero-order chi connectivity index (χ0) is 17.7. The number of fused-ring (bicyclic) bond motifs is 2. The van der Waals surface area contributed by atoms with Crippen molar-refractivity contribution in [3.8, 4) is 11.1 Å². The number of nitrogens with two attached hydrogens (primary N) is 1. The maximum absolute atomic E-state index is 12.1. The summed E-state index contributed by atoms with van der Waals surface area (Å²) in [6, 6.07) is 7.19. The van der Waals surface area contributed by atoms with E-state index in [-0.39, 0.29) is 16.7 Å².